The first kappa shape index (κ1) is 15.4. The van der Waals surface area contributed by atoms with Crippen LogP contribution in [0.3, 0.4) is 0 Å². The highest BCUT2D eigenvalue weighted by Crippen LogP contribution is 2.31. The minimum Gasteiger partial charge on any atom is -0.462 e. The standard InChI is InChI=1S/C17H16N4O4/c1-2-25-16(23)10-3-5-11(6-4-10)21-15(22)14-7-12-13(19-9-18-12)8-20(14)17(21)24/h3-6,9,14H,2,7-8H2,1H3,(H,18,19)/t14-/m0/s1. The number of anilines is 1. The first-order valence-electron chi connectivity index (χ1n) is 8.03. The molecule has 4 rings (SSSR count). The molecule has 8 nitrogen and oxygen atoms in total. The number of hydrogen-bond acceptors (Lipinski definition) is 5. The minimum atomic E-state index is -0.534. The molecule has 1 N–H and O–H groups in total. The quantitative estimate of drug-likeness (QED) is 0.674. The molecule has 3 amide bonds. The molecule has 1 atom stereocenters. The van der Waals surface area contributed by atoms with Gasteiger partial charge in [-0.25, -0.2) is 19.5 Å². The lowest BCUT2D eigenvalue weighted by Gasteiger charge is -2.25. The van der Waals surface area contributed by atoms with Crippen molar-refractivity contribution >= 4 is 23.6 Å². The number of imidazole rings is 1. The van der Waals surface area contributed by atoms with E-state index >= 15 is 0 Å². The monoisotopic (exact) mass is 340 g/mol. The Morgan fingerprint density at radius 3 is 2.80 bits per heavy atom. The van der Waals surface area contributed by atoms with E-state index in [-0.39, 0.29) is 18.5 Å². The number of aromatic nitrogens is 2. The van der Waals surface area contributed by atoms with Crippen molar-refractivity contribution in [2.24, 2.45) is 0 Å². The smallest absolute Gasteiger partial charge is 0.338 e. The molecular formula is C17H16N4O4. The third kappa shape index (κ3) is 2.37. The molecule has 1 aromatic heterocycles. The van der Waals surface area contributed by atoms with Gasteiger partial charge in [-0.15, -0.1) is 0 Å². The number of carbonyl (C=O) groups excluding carboxylic acids is 3. The van der Waals surface area contributed by atoms with Gasteiger partial charge in [0, 0.05) is 6.42 Å². The lowest BCUT2D eigenvalue weighted by molar-refractivity contribution is -0.120. The van der Waals surface area contributed by atoms with Crippen molar-refractivity contribution in [1.29, 1.82) is 0 Å². The molecule has 0 unspecified atom stereocenters. The fraction of sp³-hybridized carbons (Fsp3) is 0.294. The van der Waals surface area contributed by atoms with Crippen LogP contribution in [0, 0.1) is 0 Å². The largest absolute Gasteiger partial charge is 0.462 e. The van der Waals surface area contributed by atoms with Crippen LogP contribution < -0.4 is 4.90 Å². The van der Waals surface area contributed by atoms with E-state index in [9.17, 15) is 14.4 Å². The maximum atomic E-state index is 12.7. The van der Waals surface area contributed by atoms with Gasteiger partial charge in [0.05, 0.1) is 42.1 Å². The molecule has 0 spiro atoms. The Kier molecular flexibility index (Phi) is 3.52. The summed E-state index contributed by atoms with van der Waals surface area (Å²) in [7, 11) is 0. The maximum Gasteiger partial charge on any atom is 0.338 e. The second-order valence-corrected chi connectivity index (χ2v) is 5.90. The molecule has 1 fully saturated rings. The third-order valence-electron chi connectivity index (χ3n) is 4.48. The number of fused-ring (bicyclic) bond motifs is 2. The molecule has 2 aliphatic heterocycles. The van der Waals surface area contributed by atoms with E-state index in [1.54, 1.807) is 42.4 Å². The predicted octanol–water partition coefficient (Wildman–Crippen LogP) is 1.48. The van der Waals surface area contributed by atoms with Gasteiger partial charge in [0.15, 0.2) is 0 Å². The van der Waals surface area contributed by atoms with Crippen molar-refractivity contribution < 1.29 is 19.1 Å². The highest BCUT2D eigenvalue weighted by atomic mass is 16.5. The van der Waals surface area contributed by atoms with Gasteiger partial charge in [0.2, 0.25) is 0 Å². The first-order valence-corrected chi connectivity index (χ1v) is 8.03. The summed E-state index contributed by atoms with van der Waals surface area (Å²) >= 11 is 0. The van der Waals surface area contributed by atoms with E-state index in [0.29, 0.717) is 24.2 Å². The van der Waals surface area contributed by atoms with Gasteiger partial charge in [0.1, 0.15) is 6.04 Å². The predicted molar refractivity (Wildman–Crippen MR) is 86.9 cm³/mol. The van der Waals surface area contributed by atoms with Crippen molar-refractivity contribution in [3.8, 4) is 0 Å². The zero-order valence-electron chi connectivity index (χ0n) is 13.6. The Morgan fingerprint density at radius 1 is 1.32 bits per heavy atom. The summed E-state index contributed by atoms with van der Waals surface area (Å²) in [5, 5.41) is 0. The van der Waals surface area contributed by atoms with Crippen LogP contribution in [-0.4, -0.2) is 45.4 Å². The molecule has 2 aliphatic rings. The summed E-state index contributed by atoms with van der Waals surface area (Å²) < 4.78 is 4.93. The first-order chi connectivity index (χ1) is 12.1. The van der Waals surface area contributed by atoms with E-state index in [1.807, 2.05) is 0 Å². The lowest BCUT2D eigenvalue weighted by atomic mass is 10.0. The van der Waals surface area contributed by atoms with Crippen LogP contribution in [0.1, 0.15) is 28.7 Å². The normalized spacial score (nSPS) is 19.0. The molecule has 1 saturated heterocycles. The Bertz CT molecular complexity index is 819. The van der Waals surface area contributed by atoms with E-state index in [0.717, 1.165) is 16.3 Å². The summed E-state index contributed by atoms with van der Waals surface area (Å²) in [6, 6.07) is 5.37. The van der Waals surface area contributed by atoms with Gasteiger partial charge >= 0.3 is 12.0 Å². The van der Waals surface area contributed by atoms with Gasteiger partial charge in [-0.05, 0) is 31.2 Å². The molecule has 8 heteroatoms. The molecule has 0 radical (unpaired) electrons. The van der Waals surface area contributed by atoms with E-state index in [1.165, 1.54) is 0 Å². The minimum absolute atomic E-state index is 0.275. The van der Waals surface area contributed by atoms with Gasteiger partial charge in [-0.3, -0.25) is 4.79 Å². The number of imide groups is 1. The molecule has 3 heterocycles. The van der Waals surface area contributed by atoms with Gasteiger partial charge in [0.25, 0.3) is 5.91 Å². The number of H-pyrrole nitrogens is 1. The molecule has 128 valence electrons. The average molecular weight is 340 g/mol. The molecule has 25 heavy (non-hydrogen) atoms. The second-order valence-electron chi connectivity index (χ2n) is 5.90. The van der Waals surface area contributed by atoms with Crippen LogP contribution >= 0.6 is 0 Å². The van der Waals surface area contributed by atoms with Crippen LogP contribution in [-0.2, 0) is 22.5 Å². The zero-order chi connectivity index (χ0) is 17.6. The number of urea groups is 1. The van der Waals surface area contributed by atoms with Crippen LogP contribution in [0.5, 0.6) is 0 Å². The molecular weight excluding hydrogens is 324 g/mol. The molecule has 0 bridgehead atoms. The number of ether oxygens (including phenoxy) is 1. The fourth-order valence-corrected chi connectivity index (χ4v) is 3.23. The van der Waals surface area contributed by atoms with Gasteiger partial charge in [-0.1, -0.05) is 0 Å². The molecule has 1 aromatic carbocycles. The van der Waals surface area contributed by atoms with Crippen molar-refractivity contribution in [1.82, 2.24) is 14.9 Å². The Morgan fingerprint density at radius 2 is 2.08 bits per heavy atom. The van der Waals surface area contributed by atoms with Crippen molar-refractivity contribution in [2.45, 2.75) is 25.9 Å². The zero-order valence-corrected chi connectivity index (χ0v) is 13.6. The van der Waals surface area contributed by atoms with E-state index < -0.39 is 12.0 Å². The number of benzene rings is 1. The van der Waals surface area contributed by atoms with E-state index in [4.69, 9.17) is 4.74 Å². The number of aromatic amines is 1. The Hall–Kier alpha value is -3.16. The average Bonchev–Trinajstić information content (AvgIpc) is 3.17. The highest BCUT2D eigenvalue weighted by Gasteiger charge is 2.48. The summed E-state index contributed by atoms with van der Waals surface area (Å²) in [5.41, 5.74) is 2.49. The number of nitrogens with one attached hydrogen (secondary N) is 1. The number of hydrogen-bond donors (Lipinski definition) is 1. The SMILES string of the molecule is CCOC(=O)c1ccc(N2C(=O)[C@@H]3Cc4nc[nH]c4CN3C2=O)cc1. The topological polar surface area (TPSA) is 95.6 Å². The number of amides is 3. The maximum absolute atomic E-state index is 12.7. The fourth-order valence-electron chi connectivity index (χ4n) is 3.23. The molecule has 0 aliphatic carbocycles. The molecule has 0 saturated carbocycles. The number of esters is 1. The lowest BCUT2D eigenvalue weighted by Crippen LogP contribution is -2.40. The van der Waals surface area contributed by atoms with Crippen LogP contribution in [0.2, 0.25) is 0 Å². The van der Waals surface area contributed by atoms with Gasteiger partial charge in [-0.2, -0.15) is 0 Å². The van der Waals surface area contributed by atoms with Crippen LogP contribution in [0.4, 0.5) is 10.5 Å². The van der Waals surface area contributed by atoms with Crippen LogP contribution in [0.25, 0.3) is 0 Å². The number of rotatable bonds is 3. The third-order valence-corrected chi connectivity index (χ3v) is 4.48. The van der Waals surface area contributed by atoms with E-state index in [2.05, 4.69) is 9.97 Å². The van der Waals surface area contributed by atoms with Crippen molar-refractivity contribution in [3.05, 3.63) is 47.5 Å². The van der Waals surface area contributed by atoms with Crippen molar-refractivity contribution in [3.63, 3.8) is 0 Å². The summed E-state index contributed by atoms with van der Waals surface area (Å²) in [5.74, 6) is -0.711. The molecule has 2 aromatic rings. The number of carbonyl (C=O) groups is 3. The Labute approximate surface area is 143 Å². The summed E-state index contributed by atoms with van der Waals surface area (Å²) in [6.45, 7) is 2.35. The Balaban J connectivity index is 1.60. The second kappa shape index (κ2) is 5.73. The number of nitrogens with zero attached hydrogens (tertiary/aromatic N) is 3. The summed E-state index contributed by atoms with van der Waals surface area (Å²) in [4.78, 5) is 47.1. The summed E-state index contributed by atoms with van der Waals surface area (Å²) in [6.07, 6.45) is 1.98. The highest BCUT2D eigenvalue weighted by molar-refractivity contribution is 6.21. The van der Waals surface area contributed by atoms with Gasteiger partial charge < -0.3 is 14.6 Å². The van der Waals surface area contributed by atoms with Crippen molar-refractivity contribution in [2.75, 3.05) is 11.5 Å². The van der Waals surface area contributed by atoms with Crippen LogP contribution in [0.15, 0.2) is 30.6 Å².